The van der Waals surface area contributed by atoms with Gasteiger partial charge in [0, 0.05) is 39.7 Å². The van der Waals surface area contributed by atoms with E-state index in [1.165, 1.54) is 0 Å². The summed E-state index contributed by atoms with van der Waals surface area (Å²) < 4.78 is 10.9. The number of guanidine groups is 1. The van der Waals surface area contributed by atoms with Crippen LogP contribution in [0.5, 0.6) is 5.75 Å². The van der Waals surface area contributed by atoms with Crippen molar-refractivity contribution in [3.63, 3.8) is 0 Å². The van der Waals surface area contributed by atoms with Gasteiger partial charge in [-0.05, 0) is 42.9 Å². The van der Waals surface area contributed by atoms with E-state index in [0.717, 1.165) is 56.2 Å². The SMILES string of the molecule is CN=C(NCCCOCc1ccc(OC)cc1)N1CCCC(CC(N)=O)C1. The molecule has 1 aliphatic heterocycles. The Bertz CT molecular complexity index is 604. The van der Waals surface area contributed by atoms with Crippen molar-refractivity contribution in [1.82, 2.24) is 10.2 Å². The third-order valence-corrected chi connectivity index (χ3v) is 4.70. The molecule has 1 atom stereocenters. The number of aliphatic imine (C=N–C) groups is 1. The van der Waals surface area contributed by atoms with Crippen LogP contribution in [-0.4, -0.2) is 57.2 Å². The number of ether oxygens (including phenoxy) is 2. The summed E-state index contributed by atoms with van der Waals surface area (Å²) >= 11 is 0. The lowest BCUT2D eigenvalue weighted by Gasteiger charge is -2.34. The average Bonchev–Trinajstić information content (AvgIpc) is 2.67. The number of amides is 1. The molecule has 0 saturated carbocycles. The van der Waals surface area contributed by atoms with Gasteiger partial charge in [-0.25, -0.2) is 0 Å². The first-order valence-electron chi connectivity index (χ1n) is 9.57. The molecule has 0 radical (unpaired) electrons. The molecule has 1 unspecified atom stereocenters. The molecule has 1 aliphatic rings. The monoisotopic (exact) mass is 376 g/mol. The molecule has 1 heterocycles. The number of methoxy groups -OCH3 is 1. The van der Waals surface area contributed by atoms with Gasteiger partial charge in [0.2, 0.25) is 5.91 Å². The van der Waals surface area contributed by atoms with Crippen LogP contribution in [0.4, 0.5) is 0 Å². The number of nitrogens with zero attached hydrogens (tertiary/aromatic N) is 2. The second-order valence-corrected chi connectivity index (χ2v) is 6.85. The zero-order chi connectivity index (χ0) is 19.5. The lowest BCUT2D eigenvalue weighted by molar-refractivity contribution is -0.119. The fourth-order valence-electron chi connectivity index (χ4n) is 3.33. The number of likely N-dealkylation sites (tertiary alicyclic amines) is 1. The number of piperidine rings is 1. The summed E-state index contributed by atoms with van der Waals surface area (Å²) in [5.41, 5.74) is 6.47. The first kappa shape index (κ1) is 21.0. The van der Waals surface area contributed by atoms with Crippen LogP contribution >= 0.6 is 0 Å². The highest BCUT2D eigenvalue weighted by atomic mass is 16.5. The molecule has 0 aliphatic carbocycles. The summed E-state index contributed by atoms with van der Waals surface area (Å²) in [5.74, 6) is 1.84. The number of carbonyl (C=O) groups excluding carboxylic acids is 1. The summed E-state index contributed by atoms with van der Waals surface area (Å²) in [6.45, 7) is 3.87. The number of carbonyl (C=O) groups is 1. The van der Waals surface area contributed by atoms with Gasteiger partial charge in [-0.3, -0.25) is 9.79 Å². The van der Waals surface area contributed by atoms with Crippen LogP contribution in [-0.2, 0) is 16.1 Å². The molecule has 1 aromatic carbocycles. The van der Waals surface area contributed by atoms with E-state index in [4.69, 9.17) is 15.2 Å². The van der Waals surface area contributed by atoms with Crippen molar-refractivity contribution in [3.8, 4) is 5.75 Å². The minimum Gasteiger partial charge on any atom is -0.497 e. The Labute approximate surface area is 161 Å². The van der Waals surface area contributed by atoms with E-state index in [1.54, 1.807) is 14.2 Å². The first-order chi connectivity index (χ1) is 13.1. The Kier molecular flexibility index (Phi) is 8.91. The van der Waals surface area contributed by atoms with Crippen LogP contribution in [0.1, 0.15) is 31.2 Å². The molecular formula is C20H32N4O3. The first-order valence-corrected chi connectivity index (χ1v) is 9.57. The summed E-state index contributed by atoms with van der Waals surface area (Å²) in [6.07, 6.45) is 3.46. The molecule has 1 fully saturated rings. The van der Waals surface area contributed by atoms with Gasteiger partial charge in [0.15, 0.2) is 5.96 Å². The van der Waals surface area contributed by atoms with Crippen LogP contribution < -0.4 is 15.8 Å². The van der Waals surface area contributed by atoms with Gasteiger partial charge in [-0.1, -0.05) is 12.1 Å². The van der Waals surface area contributed by atoms with Crippen LogP contribution in [0, 0.1) is 5.92 Å². The van der Waals surface area contributed by atoms with Crippen molar-refractivity contribution >= 4 is 11.9 Å². The van der Waals surface area contributed by atoms with Crippen LogP contribution in [0.15, 0.2) is 29.3 Å². The van der Waals surface area contributed by atoms with Gasteiger partial charge in [-0.15, -0.1) is 0 Å². The number of primary amides is 1. The third kappa shape index (κ3) is 7.46. The number of rotatable bonds is 9. The number of nitrogens with two attached hydrogens (primary N) is 1. The molecule has 7 heteroatoms. The van der Waals surface area contributed by atoms with Crippen molar-refractivity contribution < 1.29 is 14.3 Å². The Morgan fingerprint density at radius 2 is 2.15 bits per heavy atom. The highest BCUT2D eigenvalue weighted by Crippen LogP contribution is 2.19. The highest BCUT2D eigenvalue weighted by Gasteiger charge is 2.23. The maximum Gasteiger partial charge on any atom is 0.217 e. The molecule has 0 aromatic heterocycles. The lowest BCUT2D eigenvalue weighted by atomic mass is 9.95. The standard InChI is InChI=1S/C20H32N4O3/c1-22-20(24-11-3-5-17(14-24)13-19(21)25)23-10-4-12-27-15-16-6-8-18(26-2)9-7-16/h6-9,17H,3-5,10-15H2,1-2H3,(H2,21,25)(H,22,23). The largest absolute Gasteiger partial charge is 0.497 e. The van der Waals surface area contributed by atoms with Gasteiger partial charge in [0.05, 0.1) is 13.7 Å². The zero-order valence-corrected chi connectivity index (χ0v) is 16.4. The van der Waals surface area contributed by atoms with Gasteiger partial charge in [0.1, 0.15) is 5.75 Å². The van der Waals surface area contributed by atoms with Crippen molar-refractivity contribution in [2.45, 2.75) is 32.3 Å². The molecule has 0 spiro atoms. The molecule has 2 rings (SSSR count). The molecule has 1 saturated heterocycles. The fraction of sp³-hybridized carbons (Fsp3) is 0.600. The second-order valence-electron chi connectivity index (χ2n) is 6.85. The summed E-state index contributed by atoms with van der Waals surface area (Å²) in [5, 5.41) is 3.39. The van der Waals surface area contributed by atoms with Crippen LogP contribution in [0.3, 0.4) is 0 Å². The number of nitrogens with one attached hydrogen (secondary N) is 1. The minimum atomic E-state index is -0.223. The molecule has 7 nitrogen and oxygen atoms in total. The van der Waals surface area contributed by atoms with Crippen molar-refractivity contribution in [1.29, 1.82) is 0 Å². The fourth-order valence-corrected chi connectivity index (χ4v) is 3.33. The van der Waals surface area contributed by atoms with Crippen molar-refractivity contribution in [2.24, 2.45) is 16.6 Å². The molecule has 3 N–H and O–H groups in total. The quantitative estimate of drug-likeness (QED) is 0.389. The molecule has 1 aromatic rings. The maximum atomic E-state index is 11.2. The Balaban J connectivity index is 1.63. The van der Waals surface area contributed by atoms with Gasteiger partial charge >= 0.3 is 0 Å². The van der Waals surface area contributed by atoms with E-state index in [0.29, 0.717) is 25.6 Å². The Morgan fingerprint density at radius 1 is 1.37 bits per heavy atom. The topological polar surface area (TPSA) is 89.2 Å². The van der Waals surface area contributed by atoms with Gasteiger partial charge in [-0.2, -0.15) is 0 Å². The predicted octanol–water partition coefficient (Wildman–Crippen LogP) is 1.76. The van der Waals surface area contributed by atoms with E-state index in [2.05, 4.69) is 15.2 Å². The zero-order valence-electron chi connectivity index (χ0n) is 16.4. The summed E-state index contributed by atoms with van der Waals surface area (Å²) in [7, 11) is 3.45. The molecular weight excluding hydrogens is 344 g/mol. The van der Waals surface area contributed by atoms with E-state index in [1.807, 2.05) is 24.3 Å². The van der Waals surface area contributed by atoms with Crippen LogP contribution in [0.25, 0.3) is 0 Å². The van der Waals surface area contributed by atoms with Gasteiger partial charge in [0.25, 0.3) is 0 Å². The maximum absolute atomic E-state index is 11.2. The normalized spacial score (nSPS) is 17.6. The Hall–Kier alpha value is -2.28. The number of benzene rings is 1. The Morgan fingerprint density at radius 3 is 2.81 bits per heavy atom. The van der Waals surface area contributed by atoms with E-state index >= 15 is 0 Å². The smallest absolute Gasteiger partial charge is 0.217 e. The molecule has 1 amide bonds. The summed E-state index contributed by atoms with van der Waals surface area (Å²) in [4.78, 5) is 17.7. The average molecular weight is 377 g/mol. The van der Waals surface area contributed by atoms with E-state index in [9.17, 15) is 4.79 Å². The lowest BCUT2D eigenvalue weighted by Crippen LogP contribution is -2.47. The second kappa shape index (κ2) is 11.4. The van der Waals surface area contributed by atoms with E-state index < -0.39 is 0 Å². The predicted molar refractivity (Wildman–Crippen MR) is 107 cm³/mol. The highest BCUT2D eigenvalue weighted by molar-refractivity contribution is 5.80. The molecule has 0 bridgehead atoms. The number of hydrogen-bond acceptors (Lipinski definition) is 4. The summed E-state index contributed by atoms with van der Waals surface area (Å²) in [6, 6.07) is 7.90. The minimum absolute atomic E-state index is 0.223. The van der Waals surface area contributed by atoms with Crippen molar-refractivity contribution in [2.75, 3.05) is 40.4 Å². The van der Waals surface area contributed by atoms with E-state index in [-0.39, 0.29) is 5.91 Å². The number of hydrogen-bond donors (Lipinski definition) is 2. The van der Waals surface area contributed by atoms with Gasteiger partial charge < -0.3 is 25.4 Å². The molecule has 27 heavy (non-hydrogen) atoms. The third-order valence-electron chi connectivity index (χ3n) is 4.70. The molecule has 150 valence electrons. The van der Waals surface area contributed by atoms with Crippen LogP contribution in [0.2, 0.25) is 0 Å². The van der Waals surface area contributed by atoms with Crippen molar-refractivity contribution in [3.05, 3.63) is 29.8 Å².